The molecule has 0 saturated carbocycles. The van der Waals surface area contributed by atoms with Crippen LogP contribution in [0.5, 0.6) is 0 Å². The molecule has 84 valence electrons. The highest BCUT2D eigenvalue weighted by Gasteiger charge is 2.13. The minimum atomic E-state index is -4.25. The van der Waals surface area contributed by atoms with Crippen LogP contribution in [-0.4, -0.2) is 26.1 Å². The predicted molar refractivity (Wildman–Crippen MR) is 55.2 cm³/mol. The fourth-order valence-corrected chi connectivity index (χ4v) is 1.58. The molecule has 1 saturated heterocycles. The minimum absolute atomic E-state index is 0.185. The van der Waals surface area contributed by atoms with E-state index in [0.717, 1.165) is 5.92 Å². The number of hydrogen-bond acceptors (Lipinski definition) is 3. The summed E-state index contributed by atoms with van der Waals surface area (Å²) in [5.74, 6) is 1.01. The Morgan fingerprint density at radius 3 is 1.93 bits per heavy atom. The second-order valence-corrected chi connectivity index (χ2v) is 5.01. The van der Waals surface area contributed by atoms with Gasteiger partial charge >= 0.3 is 0 Å². The molecule has 0 aliphatic carbocycles. The van der Waals surface area contributed by atoms with Gasteiger partial charge in [0, 0.05) is 0 Å². The zero-order valence-corrected chi connectivity index (χ0v) is 9.41. The highest BCUT2D eigenvalue weighted by molar-refractivity contribution is 7.85. The molecule has 0 atom stereocenters. The second kappa shape index (κ2) is 5.25. The van der Waals surface area contributed by atoms with Gasteiger partial charge in [-0.3, -0.25) is 0 Å². The van der Waals surface area contributed by atoms with E-state index in [0.29, 0.717) is 0 Å². The van der Waals surface area contributed by atoms with Crippen LogP contribution in [0.15, 0.2) is 35.2 Å². The van der Waals surface area contributed by atoms with Crippen molar-refractivity contribution in [1.82, 2.24) is 0 Å². The first-order chi connectivity index (χ1) is 7.00. The van der Waals surface area contributed by atoms with Crippen molar-refractivity contribution in [3.05, 3.63) is 30.3 Å². The highest BCUT2D eigenvalue weighted by atomic mass is 32.2. The fraction of sp³-hybridized carbons (Fsp3) is 0.400. The molecule has 0 amide bonds. The lowest BCUT2D eigenvalue weighted by molar-refractivity contribution is -0.721. The third kappa shape index (κ3) is 4.42. The molecule has 1 aromatic carbocycles. The van der Waals surface area contributed by atoms with Crippen LogP contribution < -0.4 is 5.32 Å². The van der Waals surface area contributed by atoms with E-state index in [-0.39, 0.29) is 4.90 Å². The molecule has 1 heterocycles. The zero-order valence-electron chi connectivity index (χ0n) is 8.59. The van der Waals surface area contributed by atoms with Gasteiger partial charge in [-0.15, -0.1) is 0 Å². The molecule has 0 bridgehead atoms. The molecule has 1 aromatic rings. The number of nitrogens with two attached hydrogens (primary N) is 1. The normalized spacial score (nSPS) is 16.1. The molecule has 2 N–H and O–H groups in total. The summed E-state index contributed by atoms with van der Waals surface area (Å²) in [4.78, 5) is -0.185. The van der Waals surface area contributed by atoms with Gasteiger partial charge in [0.15, 0.2) is 0 Å². The Morgan fingerprint density at radius 1 is 1.27 bits per heavy atom. The smallest absolute Gasteiger partial charge is 0.124 e. The Labute approximate surface area is 90.1 Å². The molecular formula is C10H15NO3S. The molecular weight excluding hydrogens is 214 g/mol. The van der Waals surface area contributed by atoms with Crippen LogP contribution in [-0.2, 0) is 10.1 Å². The maximum Gasteiger partial charge on any atom is 0.124 e. The lowest BCUT2D eigenvalue weighted by Crippen LogP contribution is -2.95. The zero-order chi connectivity index (χ0) is 11.3. The monoisotopic (exact) mass is 229 g/mol. The van der Waals surface area contributed by atoms with Gasteiger partial charge < -0.3 is 9.87 Å². The largest absolute Gasteiger partial charge is 0.744 e. The van der Waals surface area contributed by atoms with Crippen molar-refractivity contribution in [1.29, 1.82) is 0 Å². The summed E-state index contributed by atoms with van der Waals surface area (Å²) in [7, 11) is -4.25. The van der Waals surface area contributed by atoms with E-state index in [9.17, 15) is 13.0 Å². The summed E-state index contributed by atoms with van der Waals surface area (Å²) in [6, 6.07) is 7.19. The van der Waals surface area contributed by atoms with Crippen LogP contribution in [0.25, 0.3) is 0 Å². The molecule has 4 nitrogen and oxygen atoms in total. The standard InChI is InChI=1S/C6H6O3S.C4H9N/c7-10(8,9)6-4-2-1-3-5-6;1-4-2-5-3-4/h1-5H,(H,7,8,9);4-5H,2-3H2,1H3. The quantitative estimate of drug-likeness (QED) is 0.677. The first-order valence-corrected chi connectivity index (χ1v) is 6.23. The van der Waals surface area contributed by atoms with E-state index in [4.69, 9.17) is 0 Å². The minimum Gasteiger partial charge on any atom is -0.744 e. The first kappa shape index (κ1) is 12.2. The highest BCUT2D eigenvalue weighted by Crippen LogP contribution is 2.04. The van der Waals surface area contributed by atoms with E-state index < -0.39 is 10.1 Å². The van der Waals surface area contributed by atoms with Crippen LogP contribution in [0, 0.1) is 5.92 Å². The average molecular weight is 229 g/mol. The topological polar surface area (TPSA) is 73.8 Å². The van der Waals surface area contributed by atoms with Crippen molar-refractivity contribution in [2.24, 2.45) is 5.92 Å². The second-order valence-electron chi connectivity index (χ2n) is 3.63. The van der Waals surface area contributed by atoms with Crippen molar-refractivity contribution in [3.63, 3.8) is 0 Å². The molecule has 0 unspecified atom stereocenters. The van der Waals surface area contributed by atoms with Gasteiger partial charge in [0.2, 0.25) is 0 Å². The summed E-state index contributed by atoms with van der Waals surface area (Å²) in [6.45, 7) is 5.00. The summed E-state index contributed by atoms with van der Waals surface area (Å²) < 4.78 is 30.8. The van der Waals surface area contributed by atoms with Crippen LogP contribution in [0.4, 0.5) is 0 Å². The number of benzene rings is 1. The van der Waals surface area contributed by atoms with Gasteiger partial charge in [-0.2, -0.15) is 0 Å². The van der Waals surface area contributed by atoms with Gasteiger partial charge in [0.1, 0.15) is 10.1 Å². The van der Waals surface area contributed by atoms with E-state index >= 15 is 0 Å². The van der Waals surface area contributed by atoms with Gasteiger partial charge in [0.25, 0.3) is 0 Å². The maximum absolute atomic E-state index is 10.3. The third-order valence-corrected chi connectivity index (χ3v) is 3.02. The molecule has 1 aliphatic heterocycles. The van der Waals surface area contributed by atoms with Crippen LogP contribution >= 0.6 is 0 Å². The molecule has 1 fully saturated rings. The van der Waals surface area contributed by atoms with Crippen molar-refractivity contribution >= 4 is 10.1 Å². The fourth-order valence-electron chi connectivity index (χ4n) is 1.09. The average Bonchev–Trinajstić information content (AvgIpc) is 2.16. The molecule has 0 radical (unpaired) electrons. The molecule has 5 heteroatoms. The van der Waals surface area contributed by atoms with Gasteiger partial charge in [0.05, 0.1) is 23.9 Å². The summed E-state index contributed by atoms with van der Waals surface area (Å²) >= 11 is 0. The number of rotatable bonds is 1. The van der Waals surface area contributed by atoms with E-state index in [1.807, 2.05) is 0 Å². The van der Waals surface area contributed by atoms with E-state index in [1.165, 1.54) is 37.4 Å². The van der Waals surface area contributed by atoms with Gasteiger partial charge in [-0.25, -0.2) is 8.42 Å². The van der Waals surface area contributed by atoms with E-state index in [1.54, 1.807) is 6.07 Å². The van der Waals surface area contributed by atoms with Crippen LogP contribution in [0.1, 0.15) is 6.92 Å². The summed E-state index contributed by atoms with van der Waals surface area (Å²) in [6.07, 6.45) is 0. The Hall–Kier alpha value is -0.910. The van der Waals surface area contributed by atoms with Gasteiger partial charge in [-0.1, -0.05) is 25.1 Å². The van der Waals surface area contributed by atoms with Crippen LogP contribution in [0.2, 0.25) is 0 Å². The molecule has 1 aliphatic rings. The van der Waals surface area contributed by atoms with Gasteiger partial charge in [-0.05, 0) is 12.1 Å². The number of hydrogen-bond donors (Lipinski definition) is 1. The maximum atomic E-state index is 10.3. The third-order valence-electron chi connectivity index (χ3n) is 2.17. The summed E-state index contributed by atoms with van der Waals surface area (Å²) in [5, 5.41) is 2.32. The lowest BCUT2D eigenvalue weighted by atomic mass is 10.1. The van der Waals surface area contributed by atoms with Crippen molar-refractivity contribution < 1.29 is 18.3 Å². The van der Waals surface area contributed by atoms with E-state index in [2.05, 4.69) is 12.2 Å². The first-order valence-electron chi connectivity index (χ1n) is 4.83. The van der Waals surface area contributed by atoms with Crippen molar-refractivity contribution in [3.8, 4) is 0 Å². The van der Waals surface area contributed by atoms with Crippen LogP contribution in [0.3, 0.4) is 0 Å². The predicted octanol–water partition coefficient (Wildman–Crippen LogP) is -0.210. The Bertz CT molecular complexity index is 384. The Morgan fingerprint density at radius 2 is 1.73 bits per heavy atom. The lowest BCUT2D eigenvalue weighted by Gasteiger charge is -2.16. The number of quaternary nitrogens is 1. The molecule has 2 rings (SSSR count). The Balaban J connectivity index is 0.000000187. The SMILES string of the molecule is CC1C[NH2+]C1.O=S(=O)([O-])c1ccccc1. The summed E-state index contributed by atoms with van der Waals surface area (Å²) in [5.41, 5.74) is 0. The van der Waals surface area contributed by atoms with Crippen molar-refractivity contribution in [2.75, 3.05) is 13.1 Å². The molecule has 0 aromatic heterocycles. The molecule has 0 spiro atoms. The van der Waals surface area contributed by atoms with Crippen molar-refractivity contribution in [2.45, 2.75) is 11.8 Å². The molecule has 15 heavy (non-hydrogen) atoms. The Kier molecular flexibility index (Phi) is 4.26.